The summed E-state index contributed by atoms with van der Waals surface area (Å²) in [4.78, 5) is 46.6. The Morgan fingerprint density at radius 1 is 1.21 bits per heavy atom. The highest BCUT2D eigenvalue weighted by atomic mass is 16.5. The largest absolute Gasteiger partial charge is 0.396 e. The molecular weight excluding hydrogens is 434 g/mol. The minimum absolute atomic E-state index is 0.0205. The number of rotatable bonds is 12. The van der Waals surface area contributed by atoms with E-state index in [1.807, 2.05) is 20.8 Å². The lowest BCUT2D eigenvalue weighted by Crippen LogP contribution is -2.57. The summed E-state index contributed by atoms with van der Waals surface area (Å²) in [7, 11) is 1.72. The highest BCUT2D eigenvalue weighted by Gasteiger charge is 2.78. The van der Waals surface area contributed by atoms with Crippen molar-refractivity contribution in [3.63, 3.8) is 0 Å². The molecule has 3 rings (SSSR count). The van der Waals surface area contributed by atoms with E-state index in [9.17, 15) is 19.5 Å². The Labute approximate surface area is 203 Å². The molecule has 3 aliphatic rings. The van der Waals surface area contributed by atoms with Crippen molar-refractivity contribution in [2.45, 2.75) is 76.2 Å². The maximum Gasteiger partial charge on any atom is 0.248 e. The van der Waals surface area contributed by atoms with Gasteiger partial charge in [0.2, 0.25) is 17.7 Å². The number of aliphatic hydroxyl groups is 1. The molecule has 5 atom stereocenters. The van der Waals surface area contributed by atoms with Crippen LogP contribution in [0.2, 0.25) is 0 Å². The number of carbonyl (C=O) groups excluding carboxylic acids is 3. The van der Waals surface area contributed by atoms with Crippen molar-refractivity contribution in [2.24, 2.45) is 11.8 Å². The molecule has 0 aromatic rings. The maximum atomic E-state index is 14.0. The van der Waals surface area contributed by atoms with Gasteiger partial charge in [-0.15, -0.1) is 13.2 Å². The predicted octanol–water partition coefficient (Wildman–Crippen LogP) is 1.98. The summed E-state index contributed by atoms with van der Waals surface area (Å²) in [5.74, 6) is -1.79. The molecule has 3 amide bonds. The molecule has 3 saturated heterocycles. The molecule has 0 aliphatic carbocycles. The first kappa shape index (κ1) is 26.4. The average Bonchev–Trinajstić information content (AvgIpc) is 3.40. The van der Waals surface area contributed by atoms with E-state index >= 15 is 0 Å². The molecule has 0 radical (unpaired) electrons. The van der Waals surface area contributed by atoms with Gasteiger partial charge >= 0.3 is 0 Å². The van der Waals surface area contributed by atoms with Crippen LogP contribution in [0.1, 0.15) is 52.9 Å². The third-order valence-corrected chi connectivity index (χ3v) is 8.00. The zero-order valence-electron chi connectivity index (χ0n) is 21.2. The second-order valence-corrected chi connectivity index (χ2v) is 10.2. The lowest BCUT2D eigenvalue weighted by Gasteiger charge is -2.38. The molecule has 2 unspecified atom stereocenters. The standard InChI is InChI=1S/C26H41N3O5/c1-7-14-27(6)22(31)19-20-23(32)29(16-10-11-17-30)21(24(33)28(15-8-2)18(4)5)26(20)13-12-25(19,9-3)34-26/h7-8,18-21,30H,1-2,9-17H2,3-6H3/t19-,20-,21?,25+,26?/m0/s1. The smallest absolute Gasteiger partial charge is 0.248 e. The van der Waals surface area contributed by atoms with Crippen molar-refractivity contribution < 1.29 is 24.2 Å². The number of nitrogens with zero attached hydrogens (tertiary/aromatic N) is 3. The molecule has 2 bridgehead atoms. The third kappa shape index (κ3) is 3.98. The number of likely N-dealkylation sites (N-methyl/N-ethyl adjacent to an activating group) is 1. The number of ether oxygens (including phenoxy) is 1. The SMILES string of the molecule is C=CCN(C)C(=O)[C@@H]1[C@H]2C(=O)N(CCCCO)C(C(=O)N(CC=C)C(C)C)C23CC[C@@]1(CC)O3. The summed E-state index contributed by atoms with van der Waals surface area (Å²) < 4.78 is 6.77. The summed E-state index contributed by atoms with van der Waals surface area (Å²) in [6.45, 7) is 14.5. The topological polar surface area (TPSA) is 90.4 Å². The van der Waals surface area contributed by atoms with Gasteiger partial charge in [-0.25, -0.2) is 0 Å². The van der Waals surface area contributed by atoms with Gasteiger partial charge in [0.1, 0.15) is 11.6 Å². The van der Waals surface area contributed by atoms with Crippen LogP contribution >= 0.6 is 0 Å². The van der Waals surface area contributed by atoms with E-state index in [1.165, 1.54) is 0 Å². The van der Waals surface area contributed by atoms with E-state index in [1.54, 1.807) is 33.9 Å². The van der Waals surface area contributed by atoms with Crippen molar-refractivity contribution in [3.05, 3.63) is 25.3 Å². The van der Waals surface area contributed by atoms with Gasteiger partial charge in [-0.05, 0) is 46.0 Å². The van der Waals surface area contributed by atoms with Gasteiger partial charge in [0.25, 0.3) is 0 Å². The van der Waals surface area contributed by atoms with Crippen molar-refractivity contribution in [1.29, 1.82) is 0 Å². The maximum absolute atomic E-state index is 14.0. The molecule has 3 aliphatic heterocycles. The number of hydrogen-bond donors (Lipinski definition) is 1. The molecule has 0 saturated carbocycles. The van der Waals surface area contributed by atoms with Crippen LogP contribution in [0.5, 0.6) is 0 Å². The van der Waals surface area contributed by atoms with Gasteiger partial charge in [-0.1, -0.05) is 19.1 Å². The normalized spacial score (nSPS) is 31.6. The van der Waals surface area contributed by atoms with Crippen LogP contribution in [-0.2, 0) is 19.1 Å². The Bertz CT molecular complexity index is 829. The molecule has 3 fully saturated rings. The van der Waals surface area contributed by atoms with Crippen LogP contribution < -0.4 is 0 Å². The van der Waals surface area contributed by atoms with Gasteiger partial charge < -0.3 is 24.5 Å². The molecule has 1 spiro atoms. The summed E-state index contributed by atoms with van der Waals surface area (Å²) in [5.41, 5.74) is -1.77. The van der Waals surface area contributed by atoms with Crippen LogP contribution in [0.3, 0.4) is 0 Å². The molecular formula is C26H41N3O5. The van der Waals surface area contributed by atoms with E-state index in [4.69, 9.17) is 4.74 Å². The number of amides is 3. The number of likely N-dealkylation sites (tertiary alicyclic amines) is 1. The summed E-state index contributed by atoms with van der Waals surface area (Å²) in [6.07, 6.45) is 6.28. The fourth-order valence-electron chi connectivity index (χ4n) is 6.38. The number of hydrogen-bond acceptors (Lipinski definition) is 5. The Kier molecular flexibility index (Phi) is 7.92. The third-order valence-electron chi connectivity index (χ3n) is 8.00. The number of fused-ring (bicyclic) bond motifs is 1. The monoisotopic (exact) mass is 475 g/mol. The fourth-order valence-corrected chi connectivity index (χ4v) is 6.38. The van der Waals surface area contributed by atoms with E-state index in [-0.39, 0.29) is 30.4 Å². The average molecular weight is 476 g/mol. The summed E-state index contributed by atoms with van der Waals surface area (Å²) in [6, 6.07) is -0.868. The van der Waals surface area contributed by atoms with E-state index in [0.29, 0.717) is 51.7 Å². The van der Waals surface area contributed by atoms with Gasteiger partial charge in [0, 0.05) is 39.3 Å². The molecule has 0 aromatic carbocycles. The zero-order valence-corrected chi connectivity index (χ0v) is 21.2. The molecule has 8 nitrogen and oxygen atoms in total. The van der Waals surface area contributed by atoms with Gasteiger partial charge in [-0.2, -0.15) is 0 Å². The van der Waals surface area contributed by atoms with Crippen LogP contribution in [0.25, 0.3) is 0 Å². The van der Waals surface area contributed by atoms with Gasteiger partial charge in [0.05, 0.1) is 17.4 Å². The Morgan fingerprint density at radius 3 is 2.44 bits per heavy atom. The minimum atomic E-state index is -1.02. The first-order chi connectivity index (χ1) is 16.2. The minimum Gasteiger partial charge on any atom is -0.396 e. The van der Waals surface area contributed by atoms with Crippen LogP contribution in [0.4, 0.5) is 0 Å². The summed E-state index contributed by atoms with van der Waals surface area (Å²) >= 11 is 0. The molecule has 0 aromatic heterocycles. The van der Waals surface area contributed by atoms with Crippen LogP contribution in [-0.4, -0.2) is 94.1 Å². The first-order valence-electron chi connectivity index (χ1n) is 12.5. The quantitative estimate of drug-likeness (QED) is 0.344. The van der Waals surface area contributed by atoms with Gasteiger partial charge in [-0.3, -0.25) is 14.4 Å². The number of unbranched alkanes of at least 4 members (excludes halogenated alkanes) is 1. The lowest BCUT2D eigenvalue weighted by molar-refractivity contribution is -0.155. The summed E-state index contributed by atoms with van der Waals surface area (Å²) in [5, 5.41) is 9.30. The molecule has 8 heteroatoms. The molecule has 34 heavy (non-hydrogen) atoms. The molecule has 3 heterocycles. The number of aliphatic hydroxyl groups excluding tert-OH is 1. The Morgan fingerprint density at radius 2 is 1.88 bits per heavy atom. The van der Waals surface area contributed by atoms with E-state index < -0.39 is 29.1 Å². The van der Waals surface area contributed by atoms with Crippen molar-refractivity contribution in [1.82, 2.24) is 14.7 Å². The highest BCUT2D eigenvalue weighted by Crippen LogP contribution is 2.64. The Balaban J connectivity index is 2.09. The lowest BCUT2D eigenvalue weighted by atomic mass is 9.64. The molecule has 190 valence electrons. The first-order valence-corrected chi connectivity index (χ1v) is 12.5. The predicted molar refractivity (Wildman–Crippen MR) is 130 cm³/mol. The van der Waals surface area contributed by atoms with Gasteiger partial charge in [0.15, 0.2) is 0 Å². The zero-order chi connectivity index (χ0) is 25.3. The Hall–Kier alpha value is -2.19. The van der Waals surface area contributed by atoms with Crippen molar-refractivity contribution in [2.75, 3.05) is 33.3 Å². The van der Waals surface area contributed by atoms with Crippen molar-refractivity contribution >= 4 is 17.7 Å². The van der Waals surface area contributed by atoms with E-state index in [0.717, 1.165) is 0 Å². The second kappa shape index (κ2) is 10.2. The highest BCUT2D eigenvalue weighted by molar-refractivity contribution is 5.99. The van der Waals surface area contributed by atoms with E-state index in [2.05, 4.69) is 13.2 Å². The molecule has 1 N–H and O–H groups in total. The fraction of sp³-hybridized carbons (Fsp3) is 0.731. The second-order valence-electron chi connectivity index (χ2n) is 10.2. The number of carbonyl (C=O) groups is 3. The van der Waals surface area contributed by atoms with Crippen LogP contribution in [0, 0.1) is 11.8 Å². The van der Waals surface area contributed by atoms with Crippen molar-refractivity contribution in [3.8, 4) is 0 Å². The van der Waals surface area contributed by atoms with Crippen LogP contribution in [0.15, 0.2) is 25.3 Å².